The lowest BCUT2D eigenvalue weighted by atomic mass is 10.1. The minimum Gasteiger partial charge on any atom is -0.366 e. The fourth-order valence-electron chi connectivity index (χ4n) is 1.68. The maximum atomic E-state index is 11.0. The summed E-state index contributed by atoms with van der Waals surface area (Å²) >= 11 is 1.65. The van der Waals surface area contributed by atoms with Crippen LogP contribution < -0.4 is 5.73 Å². The van der Waals surface area contributed by atoms with E-state index < -0.39 is 5.91 Å². The second-order valence-electron chi connectivity index (χ2n) is 4.24. The molecule has 2 N–H and O–H groups in total. The lowest BCUT2D eigenvalue weighted by Gasteiger charge is -2.04. The third-order valence-corrected chi connectivity index (χ3v) is 3.55. The highest BCUT2D eigenvalue weighted by molar-refractivity contribution is 7.98. The van der Waals surface area contributed by atoms with Crippen LogP contribution in [0.5, 0.6) is 0 Å². The van der Waals surface area contributed by atoms with E-state index in [2.05, 4.69) is 9.97 Å². The van der Waals surface area contributed by atoms with E-state index >= 15 is 0 Å². The van der Waals surface area contributed by atoms with Crippen molar-refractivity contribution in [2.45, 2.75) is 24.6 Å². The molecule has 0 atom stereocenters. The summed E-state index contributed by atoms with van der Waals surface area (Å²) in [7, 11) is 0. The van der Waals surface area contributed by atoms with Gasteiger partial charge < -0.3 is 5.73 Å². The molecule has 0 radical (unpaired) electrons. The third kappa shape index (κ3) is 3.79. The largest absolute Gasteiger partial charge is 0.366 e. The quantitative estimate of drug-likeness (QED) is 0.686. The Labute approximate surface area is 116 Å². The summed E-state index contributed by atoms with van der Waals surface area (Å²) in [6.45, 7) is 3.85. The van der Waals surface area contributed by atoms with Gasteiger partial charge in [-0.3, -0.25) is 4.79 Å². The van der Waals surface area contributed by atoms with Crippen LogP contribution in [0.2, 0.25) is 0 Å². The molecule has 0 fully saturated rings. The van der Waals surface area contributed by atoms with E-state index in [1.54, 1.807) is 23.9 Å². The minimum atomic E-state index is -0.402. The number of rotatable bonds is 4. The number of amides is 1. The molecule has 0 bridgehead atoms. The average molecular weight is 273 g/mol. The first-order valence-electron chi connectivity index (χ1n) is 5.88. The van der Waals surface area contributed by atoms with E-state index in [9.17, 15) is 4.79 Å². The van der Waals surface area contributed by atoms with Crippen LogP contribution in [0, 0.1) is 13.8 Å². The summed E-state index contributed by atoms with van der Waals surface area (Å²) in [6.07, 6.45) is 0. The maximum absolute atomic E-state index is 11.0. The van der Waals surface area contributed by atoms with Crippen molar-refractivity contribution >= 4 is 17.7 Å². The van der Waals surface area contributed by atoms with Crippen LogP contribution in [0.1, 0.15) is 27.4 Å². The summed E-state index contributed by atoms with van der Waals surface area (Å²) in [5.74, 6) is 1.18. The number of nitrogens with two attached hydrogens (primary N) is 1. The number of hydrogen-bond acceptors (Lipinski definition) is 4. The molecule has 4 nitrogen and oxygen atoms in total. The van der Waals surface area contributed by atoms with Crippen LogP contribution in [0.3, 0.4) is 0 Å². The molecule has 1 heterocycles. The zero-order chi connectivity index (χ0) is 13.8. The predicted molar refractivity (Wildman–Crippen MR) is 76.0 cm³/mol. The van der Waals surface area contributed by atoms with Crippen molar-refractivity contribution in [2.75, 3.05) is 0 Å². The number of aromatic nitrogens is 2. The fourth-order valence-corrected chi connectivity index (χ4v) is 2.64. The molecule has 0 aliphatic rings. The lowest BCUT2D eigenvalue weighted by Crippen LogP contribution is -2.10. The second kappa shape index (κ2) is 5.84. The van der Waals surface area contributed by atoms with Crippen LogP contribution in [0.25, 0.3) is 0 Å². The van der Waals surface area contributed by atoms with Gasteiger partial charge >= 0.3 is 0 Å². The van der Waals surface area contributed by atoms with Gasteiger partial charge in [-0.1, -0.05) is 12.1 Å². The molecule has 0 saturated heterocycles. The molecule has 2 aromatic rings. The molecule has 1 aromatic heterocycles. The van der Waals surface area contributed by atoms with Crippen LogP contribution in [-0.2, 0) is 5.75 Å². The molecule has 0 unspecified atom stereocenters. The van der Waals surface area contributed by atoms with Crippen LogP contribution in [0.15, 0.2) is 35.4 Å². The Kier molecular flexibility index (Phi) is 4.16. The molecule has 19 heavy (non-hydrogen) atoms. The SMILES string of the molecule is Cc1cc(SCc2ccc(C(N)=O)cc2)nc(C)n1. The number of carbonyl (C=O) groups is 1. The van der Waals surface area contributed by atoms with E-state index in [0.29, 0.717) is 5.56 Å². The summed E-state index contributed by atoms with van der Waals surface area (Å²) in [5, 5.41) is 0.962. The molecule has 5 heteroatoms. The van der Waals surface area contributed by atoms with Gasteiger partial charge in [0.15, 0.2) is 0 Å². The van der Waals surface area contributed by atoms with Gasteiger partial charge in [-0.25, -0.2) is 9.97 Å². The molecular weight excluding hydrogens is 258 g/mol. The number of carbonyl (C=O) groups excluding carboxylic acids is 1. The molecule has 0 aliphatic carbocycles. The highest BCUT2D eigenvalue weighted by Gasteiger charge is 2.03. The summed E-state index contributed by atoms with van der Waals surface area (Å²) in [5.41, 5.74) is 7.83. The fraction of sp³-hybridized carbons (Fsp3) is 0.214. The molecule has 1 amide bonds. The topological polar surface area (TPSA) is 68.9 Å². The second-order valence-corrected chi connectivity index (χ2v) is 5.24. The van der Waals surface area contributed by atoms with Gasteiger partial charge in [0.05, 0.1) is 0 Å². The van der Waals surface area contributed by atoms with Crippen molar-refractivity contribution in [2.24, 2.45) is 5.73 Å². The Morgan fingerprint density at radius 1 is 1.21 bits per heavy atom. The number of nitrogens with zero attached hydrogens (tertiary/aromatic N) is 2. The number of primary amides is 1. The van der Waals surface area contributed by atoms with E-state index in [1.807, 2.05) is 32.0 Å². The first-order chi connectivity index (χ1) is 9.04. The van der Waals surface area contributed by atoms with E-state index in [0.717, 1.165) is 27.9 Å². The lowest BCUT2D eigenvalue weighted by molar-refractivity contribution is 0.100. The van der Waals surface area contributed by atoms with Gasteiger partial charge in [-0.15, -0.1) is 11.8 Å². The summed E-state index contributed by atoms with van der Waals surface area (Å²) < 4.78 is 0. The maximum Gasteiger partial charge on any atom is 0.248 e. The smallest absolute Gasteiger partial charge is 0.248 e. The minimum absolute atomic E-state index is 0.402. The monoisotopic (exact) mass is 273 g/mol. The van der Waals surface area contributed by atoms with Crippen LogP contribution in [0.4, 0.5) is 0 Å². The standard InChI is InChI=1S/C14H15N3OS/c1-9-7-13(17-10(2)16-9)19-8-11-3-5-12(6-4-11)14(15)18/h3-7H,8H2,1-2H3,(H2,15,18). The van der Waals surface area contributed by atoms with Crippen LogP contribution >= 0.6 is 11.8 Å². The van der Waals surface area contributed by atoms with Gasteiger partial charge in [0.2, 0.25) is 5.91 Å². The number of thioether (sulfide) groups is 1. The Morgan fingerprint density at radius 2 is 1.89 bits per heavy atom. The van der Waals surface area contributed by atoms with Gasteiger partial charge in [-0.05, 0) is 37.6 Å². The zero-order valence-corrected chi connectivity index (χ0v) is 11.7. The van der Waals surface area contributed by atoms with Gasteiger partial charge in [-0.2, -0.15) is 0 Å². The molecule has 1 aromatic carbocycles. The average Bonchev–Trinajstić information content (AvgIpc) is 2.36. The molecular formula is C14H15N3OS. The Bertz CT molecular complexity index is 576. The molecule has 0 aliphatic heterocycles. The van der Waals surface area contributed by atoms with Gasteiger partial charge in [0.1, 0.15) is 10.9 Å². The predicted octanol–water partition coefficient (Wildman–Crippen LogP) is 2.48. The number of hydrogen-bond donors (Lipinski definition) is 1. The van der Waals surface area contributed by atoms with Gasteiger partial charge in [0.25, 0.3) is 0 Å². The molecule has 98 valence electrons. The normalized spacial score (nSPS) is 10.4. The van der Waals surface area contributed by atoms with E-state index in [-0.39, 0.29) is 0 Å². The summed E-state index contributed by atoms with van der Waals surface area (Å²) in [6, 6.07) is 9.28. The van der Waals surface area contributed by atoms with Crippen molar-refractivity contribution in [3.8, 4) is 0 Å². The Morgan fingerprint density at radius 3 is 2.47 bits per heavy atom. The van der Waals surface area contributed by atoms with Crippen molar-refractivity contribution in [3.05, 3.63) is 53.0 Å². The molecule has 2 rings (SSSR count). The summed E-state index contributed by atoms with van der Waals surface area (Å²) in [4.78, 5) is 19.6. The Balaban J connectivity index is 2.03. The highest BCUT2D eigenvalue weighted by Crippen LogP contribution is 2.21. The number of aryl methyl sites for hydroxylation is 2. The molecule has 0 spiro atoms. The first-order valence-corrected chi connectivity index (χ1v) is 6.87. The third-order valence-electron chi connectivity index (χ3n) is 2.57. The highest BCUT2D eigenvalue weighted by atomic mass is 32.2. The Hall–Kier alpha value is -1.88. The van der Waals surface area contributed by atoms with E-state index in [1.165, 1.54) is 0 Å². The van der Waals surface area contributed by atoms with Crippen molar-refractivity contribution in [1.29, 1.82) is 0 Å². The van der Waals surface area contributed by atoms with Crippen molar-refractivity contribution in [3.63, 3.8) is 0 Å². The molecule has 0 saturated carbocycles. The number of benzene rings is 1. The van der Waals surface area contributed by atoms with Gasteiger partial charge in [0, 0.05) is 17.0 Å². The van der Waals surface area contributed by atoms with Crippen LogP contribution in [-0.4, -0.2) is 15.9 Å². The first kappa shape index (κ1) is 13.5. The van der Waals surface area contributed by atoms with E-state index in [4.69, 9.17) is 5.73 Å². The zero-order valence-electron chi connectivity index (χ0n) is 10.9. The van der Waals surface area contributed by atoms with Crippen molar-refractivity contribution in [1.82, 2.24) is 9.97 Å². The van der Waals surface area contributed by atoms with Crippen molar-refractivity contribution < 1.29 is 4.79 Å².